The monoisotopic (exact) mass is 398 g/mol. The maximum Gasteiger partial charge on any atom is 0.262 e. The van der Waals surface area contributed by atoms with Crippen LogP contribution >= 0.6 is 0 Å². The van der Waals surface area contributed by atoms with E-state index in [0.717, 1.165) is 16.9 Å². The normalized spacial score (nSPS) is 11.0. The molecule has 0 heterocycles. The fraction of sp³-hybridized carbons (Fsp3) is 0.143. The first-order valence-corrected chi connectivity index (χ1v) is 10.1. The molecular weight excluding hydrogens is 376 g/mol. The molecule has 0 atom stereocenters. The van der Waals surface area contributed by atoms with Crippen LogP contribution in [0.2, 0.25) is 0 Å². The Morgan fingerprint density at radius 2 is 1.43 bits per heavy atom. The molecule has 0 spiro atoms. The quantitative estimate of drug-likeness (QED) is 0.610. The molecule has 0 unspecified atom stereocenters. The Morgan fingerprint density at radius 3 is 2.07 bits per heavy atom. The molecule has 0 aliphatic heterocycles. The van der Waals surface area contributed by atoms with Crippen LogP contribution in [0.5, 0.6) is 11.5 Å². The van der Waals surface area contributed by atoms with Crippen molar-refractivity contribution in [2.45, 2.75) is 11.8 Å². The highest BCUT2D eigenvalue weighted by atomic mass is 32.2. The molecular formula is C21H22N2O4S. The minimum atomic E-state index is -3.75. The number of aryl methyl sites for hydroxylation is 1. The first-order chi connectivity index (χ1) is 13.4. The van der Waals surface area contributed by atoms with Gasteiger partial charge in [0, 0.05) is 23.1 Å². The highest BCUT2D eigenvalue weighted by molar-refractivity contribution is 7.92. The standard InChI is InChI=1S/C21H22N2O4S/c1-15-5-4-6-18(13-15)22-16-7-9-17(10-8-16)23-28(24,25)19-11-12-20(26-2)21(14-19)27-3/h4-14,22-23H,1-3H3. The number of hydrogen-bond donors (Lipinski definition) is 2. The lowest BCUT2D eigenvalue weighted by Crippen LogP contribution is -2.13. The van der Waals surface area contributed by atoms with Gasteiger partial charge in [-0.05, 0) is 61.0 Å². The topological polar surface area (TPSA) is 76.7 Å². The number of sulfonamides is 1. The van der Waals surface area contributed by atoms with E-state index in [4.69, 9.17) is 9.47 Å². The van der Waals surface area contributed by atoms with Crippen LogP contribution in [-0.2, 0) is 10.0 Å². The van der Waals surface area contributed by atoms with E-state index >= 15 is 0 Å². The lowest BCUT2D eigenvalue weighted by Gasteiger charge is -2.12. The van der Waals surface area contributed by atoms with Crippen molar-refractivity contribution in [2.24, 2.45) is 0 Å². The predicted octanol–water partition coefficient (Wildman–Crippen LogP) is 4.56. The fourth-order valence-corrected chi connectivity index (χ4v) is 3.78. The molecule has 0 fully saturated rings. The summed E-state index contributed by atoms with van der Waals surface area (Å²) in [6.07, 6.45) is 0. The van der Waals surface area contributed by atoms with Crippen molar-refractivity contribution >= 4 is 27.1 Å². The van der Waals surface area contributed by atoms with E-state index in [-0.39, 0.29) is 4.90 Å². The van der Waals surface area contributed by atoms with Crippen molar-refractivity contribution in [3.63, 3.8) is 0 Å². The Bertz CT molecular complexity index is 1060. The van der Waals surface area contributed by atoms with Crippen molar-refractivity contribution in [3.05, 3.63) is 72.3 Å². The van der Waals surface area contributed by atoms with Crippen LogP contribution in [0.4, 0.5) is 17.1 Å². The molecule has 3 rings (SSSR count). The first-order valence-electron chi connectivity index (χ1n) is 8.60. The lowest BCUT2D eigenvalue weighted by molar-refractivity contribution is 0.354. The van der Waals surface area contributed by atoms with Crippen LogP contribution in [0.3, 0.4) is 0 Å². The summed E-state index contributed by atoms with van der Waals surface area (Å²) >= 11 is 0. The number of anilines is 3. The Hall–Kier alpha value is -3.19. The third-order valence-electron chi connectivity index (χ3n) is 4.11. The number of benzene rings is 3. The molecule has 0 saturated carbocycles. The minimum Gasteiger partial charge on any atom is -0.493 e. The molecule has 0 saturated heterocycles. The van der Waals surface area contributed by atoms with Gasteiger partial charge in [0.15, 0.2) is 11.5 Å². The van der Waals surface area contributed by atoms with Crippen LogP contribution in [-0.4, -0.2) is 22.6 Å². The molecule has 28 heavy (non-hydrogen) atoms. The molecule has 146 valence electrons. The van der Waals surface area contributed by atoms with Crippen molar-refractivity contribution in [2.75, 3.05) is 24.3 Å². The van der Waals surface area contributed by atoms with Crippen LogP contribution in [0.25, 0.3) is 0 Å². The van der Waals surface area contributed by atoms with Crippen molar-refractivity contribution in [3.8, 4) is 11.5 Å². The highest BCUT2D eigenvalue weighted by Crippen LogP contribution is 2.30. The van der Waals surface area contributed by atoms with Gasteiger partial charge < -0.3 is 14.8 Å². The molecule has 2 N–H and O–H groups in total. The van der Waals surface area contributed by atoms with Crippen LogP contribution in [0.15, 0.2) is 71.6 Å². The number of rotatable bonds is 7. The Balaban J connectivity index is 1.75. The SMILES string of the molecule is COc1ccc(S(=O)(=O)Nc2ccc(Nc3cccc(C)c3)cc2)cc1OC. The van der Waals surface area contributed by atoms with Gasteiger partial charge in [-0.1, -0.05) is 12.1 Å². The highest BCUT2D eigenvalue weighted by Gasteiger charge is 2.17. The van der Waals surface area contributed by atoms with Gasteiger partial charge in [0.05, 0.1) is 19.1 Å². The molecule has 0 aromatic heterocycles. The van der Waals surface area contributed by atoms with Gasteiger partial charge in [0.2, 0.25) is 0 Å². The summed E-state index contributed by atoms with van der Waals surface area (Å²) in [6.45, 7) is 2.03. The van der Waals surface area contributed by atoms with Gasteiger partial charge in [-0.25, -0.2) is 8.42 Å². The molecule has 6 nitrogen and oxygen atoms in total. The number of ether oxygens (including phenoxy) is 2. The van der Waals surface area contributed by atoms with Crippen molar-refractivity contribution in [1.82, 2.24) is 0 Å². The summed E-state index contributed by atoms with van der Waals surface area (Å²) in [5.41, 5.74) is 3.45. The Kier molecular flexibility index (Phi) is 5.75. The number of hydrogen-bond acceptors (Lipinski definition) is 5. The summed E-state index contributed by atoms with van der Waals surface area (Å²) < 4.78 is 38.2. The summed E-state index contributed by atoms with van der Waals surface area (Å²) in [6, 6.07) is 19.5. The molecule has 0 aliphatic rings. The third kappa shape index (κ3) is 4.55. The lowest BCUT2D eigenvalue weighted by atomic mass is 10.2. The molecule has 7 heteroatoms. The summed E-state index contributed by atoms with van der Waals surface area (Å²) in [5, 5.41) is 3.29. The predicted molar refractivity (Wildman–Crippen MR) is 111 cm³/mol. The fourth-order valence-electron chi connectivity index (χ4n) is 2.71. The van der Waals surface area contributed by atoms with E-state index in [2.05, 4.69) is 10.0 Å². The summed E-state index contributed by atoms with van der Waals surface area (Å²) in [5.74, 6) is 0.816. The van der Waals surface area contributed by atoms with Crippen molar-refractivity contribution in [1.29, 1.82) is 0 Å². The van der Waals surface area contributed by atoms with Gasteiger partial charge in [-0.3, -0.25) is 4.72 Å². The second-order valence-corrected chi connectivity index (χ2v) is 7.88. The Labute approximate surface area is 165 Å². The second kappa shape index (κ2) is 8.22. The maximum atomic E-state index is 12.7. The van der Waals surface area contributed by atoms with Gasteiger partial charge in [-0.15, -0.1) is 0 Å². The van der Waals surface area contributed by atoms with Crippen molar-refractivity contribution < 1.29 is 17.9 Å². The van der Waals surface area contributed by atoms with Gasteiger partial charge in [-0.2, -0.15) is 0 Å². The second-order valence-electron chi connectivity index (χ2n) is 6.19. The van der Waals surface area contributed by atoms with Crippen LogP contribution in [0, 0.1) is 6.92 Å². The maximum absolute atomic E-state index is 12.7. The van der Waals surface area contributed by atoms with E-state index in [0.29, 0.717) is 17.2 Å². The Morgan fingerprint density at radius 1 is 0.750 bits per heavy atom. The average Bonchev–Trinajstić information content (AvgIpc) is 2.68. The van der Waals surface area contributed by atoms with E-state index in [1.165, 1.54) is 26.4 Å². The zero-order valence-corrected chi connectivity index (χ0v) is 16.7. The third-order valence-corrected chi connectivity index (χ3v) is 5.49. The molecule has 0 bridgehead atoms. The van der Waals surface area contributed by atoms with Crippen LogP contribution in [0.1, 0.15) is 5.56 Å². The van der Waals surface area contributed by atoms with E-state index < -0.39 is 10.0 Å². The van der Waals surface area contributed by atoms with E-state index in [1.807, 2.05) is 43.3 Å². The number of nitrogens with one attached hydrogen (secondary N) is 2. The smallest absolute Gasteiger partial charge is 0.262 e. The molecule has 3 aromatic rings. The zero-order chi connectivity index (χ0) is 20.1. The summed E-state index contributed by atoms with van der Waals surface area (Å²) in [7, 11) is -0.798. The molecule has 0 radical (unpaired) electrons. The molecule has 0 amide bonds. The van der Waals surface area contributed by atoms with Gasteiger partial charge >= 0.3 is 0 Å². The minimum absolute atomic E-state index is 0.0899. The zero-order valence-electron chi connectivity index (χ0n) is 15.9. The number of methoxy groups -OCH3 is 2. The van der Waals surface area contributed by atoms with Gasteiger partial charge in [0.1, 0.15) is 0 Å². The van der Waals surface area contributed by atoms with E-state index in [9.17, 15) is 8.42 Å². The molecule has 3 aromatic carbocycles. The largest absolute Gasteiger partial charge is 0.493 e. The summed E-state index contributed by atoms with van der Waals surface area (Å²) in [4.78, 5) is 0.0899. The van der Waals surface area contributed by atoms with E-state index in [1.54, 1.807) is 18.2 Å². The average molecular weight is 398 g/mol. The van der Waals surface area contributed by atoms with Crippen LogP contribution < -0.4 is 19.5 Å². The molecule has 0 aliphatic carbocycles. The van der Waals surface area contributed by atoms with Gasteiger partial charge in [0.25, 0.3) is 10.0 Å². The first kappa shape index (κ1) is 19.6.